The Balaban J connectivity index is 2.57. The Morgan fingerprint density at radius 2 is 1.26 bits per heavy atom. The molecule has 0 spiro atoms. The normalized spacial score (nSPS) is 22.8. The molecule has 310 valence electrons. The highest BCUT2D eigenvalue weighted by Crippen LogP contribution is 2.22. The van der Waals surface area contributed by atoms with Gasteiger partial charge in [-0.15, -0.1) is 0 Å². The first-order valence-electron chi connectivity index (χ1n) is 21.2. The van der Waals surface area contributed by atoms with E-state index in [9.17, 15) is 35.4 Å². The number of carbonyl (C=O) groups excluding carboxylic acids is 1. The van der Waals surface area contributed by atoms with Crippen molar-refractivity contribution in [1.29, 1.82) is 0 Å². The van der Waals surface area contributed by atoms with Crippen LogP contribution in [-0.2, 0) is 14.3 Å². The van der Waals surface area contributed by atoms with Gasteiger partial charge in [0.1, 0.15) is 30.5 Å². The molecule has 7 N–H and O–H groups in total. The molecule has 1 aliphatic heterocycles. The van der Waals surface area contributed by atoms with Gasteiger partial charge in [-0.1, -0.05) is 165 Å². The summed E-state index contributed by atoms with van der Waals surface area (Å²) in [5.41, 5.74) is 1.18. The lowest BCUT2D eigenvalue weighted by Crippen LogP contribution is -2.60. The molecule has 0 saturated carbocycles. The van der Waals surface area contributed by atoms with Gasteiger partial charge in [0.2, 0.25) is 5.91 Å². The van der Waals surface area contributed by atoms with Gasteiger partial charge in [-0.2, -0.15) is 0 Å². The maximum atomic E-state index is 13.0. The molecule has 10 heteroatoms. The van der Waals surface area contributed by atoms with Crippen LogP contribution in [0.1, 0.15) is 168 Å². The molecule has 10 nitrogen and oxygen atoms in total. The fourth-order valence-electron chi connectivity index (χ4n) is 6.55. The lowest BCUT2D eigenvalue weighted by Gasteiger charge is -2.40. The van der Waals surface area contributed by atoms with Gasteiger partial charge in [0.05, 0.1) is 25.4 Å². The summed E-state index contributed by atoms with van der Waals surface area (Å²) < 4.78 is 11.1. The van der Waals surface area contributed by atoms with Crippen LogP contribution in [0.2, 0.25) is 0 Å². The number of unbranched alkanes of at least 4 members (excludes halogenated alkanes) is 19. The van der Waals surface area contributed by atoms with Crippen molar-refractivity contribution >= 4 is 5.91 Å². The van der Waals surface area contributed by atoms with Gasteiger partial charge >= 0.3 is 0 Å². The van der Waals surface area contributed by atoms with Crippen LogP contribution in [0.15, 0.2) is 36.0 Å². The van der Waals surface area contributed by atoms with Crippen LogP contribution in [0.5, 0.6) is 0 Å². The minimum absolute atomic E-state index is 0.301. The molecular formula is C43H79NO9. The molecule has 1 aliphatic rings. The van der Waals surface area contributed by atoms with Crippen LogP contribution in [0.25, 0.3) is 0 Å². The van der Waals surface area contributed by atoms with E-state index in [1.165, 1.54) is 102 Å². The lowest BCUT2D eigenvalue weighted by atomic mass is 9.99. The van der Waals surface area contributed by atoms with Crippen LogP contribution in [0.3, 0.4) is 0 Å². The monoisotopic (exact) mass is 754 g/mol. The molecule has 0 aliphatic carbocycles. The number of nitrogens with one attached hydrogen (secondary N) is 1. The quantitative estimate of drug-likeness (QED) is 0.0210. The minimum atomic E-state index is -1.62. The second-order valence-corrected chi connectivity index (χ2v) is 15.1. The van der Waals surface area contributed by atoms with E-state index in [0.29, 0.717) is 19.3 Å². The first-order chi connectivity index (χ1) is 25.7. The number of rotatable bonds is 33. The Morgan fingerprint density at radius 1 is 0.717 bits per heavy atom. The Bertz CT molecular complexity index is 971. The van der Waals surface area contributed by atoms with Crippen molar-refractivity contribution < 1.29 is 44.9 Å². The maximum absolute atomic E-state index is 13.0. The van der Waals surface area contributed by atoms with E-state index in [-0.39, 0.29) is 6.61 Å². The van der Waals surface area contributed by atoms with Crippen LogP contribution in [-0.4, -0.2) is 98.7 Å². The van der Waals surface area contributed by atoms with Gasteiger partial charge in [-0.05, 0) is 39.0 Å². The average Bonchev–Trinajstić information content (AvgIpc) is 3.15. The Morgan fingerprint density at radius 3 is 1.83 bits per heavy atom. The Hall–Kier alpha value is -1.63. The van der Waals surface area contributed by atoms with E-state index in [4.69, 9.17) is 9.47 Å². The van der Waals surface area contributed by atoms with E-state index in [0.717, 1.165) is 32.1 Å². The van der Waals surface area contributed by atoms with Gasteiger partial charge in [-0.25, -0.2) is 0 Å². The molecular weight excluding hydrogens is 674 g/mol. The van der Waals surface area contributed by atoms with E-state index >= 15 is 0 Å². The predicted octanol–water partition coefficient (Wildman–Crippen LogP) is 7.08. The molecule has 8 atom stereocenters. The van der Waals surface area contributed by atoms with Crippen molar-refractivity contribution in [3.63, 3.8) is 0 Å². The molecule has 1 rings (SSSR count). The second kappa shape index (κ2) is 32.6. The van der Waals surface area contributed by atoms with Crippen molar-refractivity contribution in [3.05, 3.63) is 36.0 Å². The van der Waals surface area contributed by atoms with Crippen LogP contribution < -0.4 is 5.32 Å². The molecule has 0 aromatic rings. The maximum Gasteiger partial charge on any atom is 0.249 e. The topological polar surface area (TPSA) is 169 Å². The van der Waals surface area contributed by atoms with E-state index < -0.39 is 61.5 Å². The average molecular weight is 754 g/mol. The SMILES string of the molecule is CCCCCCCC=CC(C)=CCCC=CC(O)C(COC1OC(CO)C(O)C(O)C1O)NC(=O)C(O)CCCCCCCCCCCCCCCC. The molecule has 8 unspecified atom stereocenters. The van der Waals surface area contributed by atoms with Gasteiger partial charge in [0.25, 0.3) is 0 Å². The second-order valence-electron chi connectivity index (χ2n) is 15.1. The van der Waals surface area contributed by atoms with Crippen LogP contribution >= 0.6 is 0 Å². The van der Waals surface area contributed by atoms with E-state index in [1.54, 1.807) is 6.08 Å². The van der Waals surface area contributed by atoms with Crippen molar-refractivity contribution in [3.8, 4) is 0 Å². The van der Waals surface area contributed by atoms with Gasteiger partial charge in [-0.3, -0.25) is 4.79 Å². The number of aliphatic hydroxyl groups is 6. The number of amides is 1. The number of hydrogen-bond donors (Lipinski definition) is 7. The molecule has 0 aromatic heterocycles. The number of carbonyl (C=O) groups is 1. The molecule has 1 amide bonds. The zero-order valence-electron chi connectivity index (χ0n) is 33.6. The van der Waals surface area contributed by atoms with E-state index in [1.807, 2.05) is 6.08 Å². The third-order valence-corrected chi connectivity index (χ3v) is 10.2. The smallest absolute Gasteiger partial charge is 0.249 e. The van der Waals surface area contributed by atoms with Crippen molar-refractivity contribution in [1.82, 2.24) is 5.32 Å². The first kappa shape index (κ1) is 49.4. The molecule has 53 heavy (non-hydrogen) atoms. The standard InChI is InChI=1S/C43H79NO9/c1-4-6-8-10-12-13-14-15-16-17-18-20-22-26-31-37(47)42(51)44-35(33-52-43-41(50)40(49)39(48)38(32-45)53-43)36(46)30-27-23-25-29-34(3)28-24-21-19-11-9-7-5-2/h24,27-30,35-41,43,45-50H,4-23,25-26,31-33H2,1-3H3,(H,44,51). The summed E-state index contributed by atoms with van der Waals surface area (Å²) in [7, 11) is 0. The largest absolute Gasteiger partial charge is 0.394 e. The predicted molar refractivity (Wildman–Crippen MR) is 213 cm³/mol. The van der Waals surface area contributed by atoms with Crippen LogP contribution in [0.4, 0.5) is 0 Å². The summed E-state index contributed by atoms with van der Waals surface area (Å²) in [5.74, 6) is -0.634. The Kier molecular flexibility index (Phi) is 30.4. The highest BCUT2D eigenvalue weighted by atomic mass is 16.7. The van der Waals surface area contributed by atoms with Crippen molar-refractivity contribution in [2.45, 2.75) is 217 Å². The zero-order valence-corrected chi connectivity index (χ0v) is 33.6. The summed E-state index contributed by atoms with van der Waals surface area (Å²) in [5, 5.41) is 64.5. The molecule has 1 fully saturated rings. The summed E-state index contributed by atoms with van der Waals surface area (Å²) in [6, 6.07) is -1.00. The zero-order chi connectivity index (χ0) is 39.1. The van der Waals surface area contributed by atoms with Gasteiger partial charge in [0.15, 0.2) is 6.29 Å². The third kappa shape index (κ3) is 23.8. The first-order valence-corrected chi connectivity index (χ1v) is 21.2. The van der Waals surface area contributed by atoms with Crippen LogP contribution in [0, 0.1) is 0 Å². The number of ether oxygens (including phenoxy) is 2. The summed E-state index contributed by atoms with van der Waals surface area (Å²) in [6.45, 7) is 5.60. The highest BCUT2D eigenvalue weighted by molar-refractivity contribution is 5.80. The minimum Gasteiger partial charge on any atom is -0.394 e. The fraction of sp³-hybridized carbons (Fsp3) is 0.837. The summed E-state index contributed by atoms with van der Waals surface area (Å²) in [4.78, 5) is 13.0. The Labute approximate surface area is 322 Å². The molecule has 1 saturated heterocycles. The molecule has 0 radical (unpaired) electrons. The summed E-state index contributed by atoms with van der Waals surface area (Å²) in [6.07, 6.45) is 26.2. The van der Waals surface area contributed by atoms with Crippen molar-refractivity contribution in [2.75, 3.05) is 13.2 Å². The van der Waals surface area contributed by atoms with Crippen molar-refractivity contribution in [2.24, 2.45) is 0 Å². The number of aliphatic hydroxyl groups excluding tert-OH is 6. The molecule has 0 bridgehead atoms. The van der Waals surface area contributed by atoms with Gasteiger partial charge in [0, 0.05) is 0 Å². The summed E-state index contributed by atoms with van der Waals surface area (Å²) >= 11 is 0. The molecule has 1 heterocycles. The fourth-order valence-corrected chi connectivity index (χ4v) is 6.55. The van der Waals surface area contributed by atoms with Gasteiger partial charge < -0.3 is 45.4 Å². The highest BCUT2D eigenvalue weighted by Gasteiger charge is 2.44. The van der Waals surface area contributed by atoms with E-state index in [2.05, 4.69) is 44.3 Å². The number of allylic oxidation sites excluding steroid dienone is 5. The molecule has 0 aromatic carbocycles. The number of hydrogen-bond acceptors (Lipinski definition) is 9. The lowest BCUT2D eigenvalue weighted by molar-refractivity contribution is -0.302. The third-order valence-electron chi connectivity index (χ3n) is 10.2.